The number of benzene rings is 1. The Bertz CT molecular complexity index is 1570. The summed E-state index contributed by atoms with van der Waals surface area (Å²) in [5, 5.41) is 9.90. The Morgan fingerprint density at radius 1 is 1.12 bits per heavy atom. The highest BCUT2D eigenvalue weighted by atomic mass is 32.2. The third kappa shape index (κ3) is 5.31. The predicted octanol–water partition coefficient (Wildman–Crippen LogP) is 3.09. The first kappa shape index (κ1) is 27.1. The van der Waals surface area contributed by atoms with Crippen LogP contribution >= 0.6 is 11.3 Å². The molecule has 11 nitrogen and oxygen atoms in total. The maximum absolute atomic E-state index is 12.3. The second kappa shape index (κ2) is 11.1. The van der Waals surface area contributed by atoms with Crippen LogP contribution in [0, 0.1) is 0 Å². The van der Waals surface area contributed by atoms with Crippen LogP contribution < -0.4 is 15.8 Å². The topological polar surface area (TPSA) is 132 Å². The van der Waals surface area contributed by atoms with E-state index in [1.54, 1.807) is 29.1 Å². The molecule has 40 heavy (non-hydrogen) atoms. The average molecular weight is 583 g/mol. The minimum Gasteiger partial charge on any atom is -0.492 e. The zero-order valence-corrected chi connectivity index (χ0v) is 24.1. The van der Waals surface area contributed by atoms with Gasteiger partial charge in [-0.25, -0.2) is 18.4 Å². The number of nitrogens with zero attached hydrogens (tertiary/aromatic N) is 6. The number of nitrogens with two attached hydrogens (primary N) is 1. The molecule has 4 aromatic rings. The van der Waals surface area contributed by atoms with Crippen LogP contribution in [-0.2, 0) is 15.6 Å². The molecule has 3 N–H and O–H groups in total. The third-order valence-corrected chi connectivity index (χ3v) is 10.4. The van der Waals surface area contributed by atoms with E-state index in [-0.39, 0.29) is 12.3 Å². The zero-order chi connectivity index (χ0) is 27.7. The van der Waals surface area contributed by atoms with Crippen LogP contribution in [0.4, 0.5) is 11.6 Å². The molecule has 5 heterocycles. The number of nitrogens with one attached hydrogen (secondary N) is 1. The molecule has 0 unspecified atom stereocenters. The van der Waals surface area contributed by atoms with Gasteiger partial charge in [-0.3, -0.25) is 9.58 Å². The summed E-state index contributed by atoms with van der Waals surface area (Å²) in [4.78, 5) is 12.0. The zero-order valence-electron chi connectivity index (χ0n) is 22.5. The Balaban J connectivity index is 1.18. The molecule has 0 radical (unpaired) electrons. The summed E-state index contributed by atoms with van der Waals surface area (Å²) in [6.07, 6.45) is 6.22. The Kier molecular flexibility index (Phi) is 7.48. The first-order chi connectivity index (χ1) is 19.4. The van der Waals surface area contributed by atoms with Gasteiger partial charge in [0, 0.05) is 43.6 Å². The Morgan fingerprint density at radius 2 is 1.90 bits per heavy atom. The molecule has 2 fully saturated rings. The van der Waals surface area contributed by atoms with E-state index in [1.807, 2.05) is 41.9 Å². The highest BCUT2D eigenvalue weighted by Crippen LogP contribution is 2.35. The number of anilines is 2. The SMILES string of the molecule is CCS(=O)(=O)N1CC(CN)(n2cc(-c3nc(Nc4ccc(OCCN5CCCC5)cc4)nc4ccsc34)cn2)C1. The van der Waals surface area contributed by atoms with Crippen LogP contribution in [0.25, 0.3) is 21.5 Å². The lowest BCUT2D eigenvalue weighted by atomic mass is 9.93. The molecule has 2 saturated heterocycles. The number of ether oxygens (including phenoxy) is 1. The standard InChI is InChI=1S/C27H34N8O3S2/c1-2-40(36,37)34-18-27(17-28,19-34)35-16-20(15-29-35)24-25-23(9-14-39-25)31-26(32-24)30-21-5-7-22(8-6-21)38-13-12-33-10-3-4-11-33/h5-9,14-16H,2-4,10-13,17-19,28H2,1H3,(H,30,31,32). The fourth-order valence-corrected chi connectivity index (χ4v) is 7.32. The van der Waals surface area contributed by atoms with Crippen molar-refractivity contribution in [2.45, 2.75) is 25.3 Å². The molecular formula is C27H34N8O3S2. The Morgan fingerprint density at radius 3 is 2.62 bits per heavy atom. The lowest BCUT2D eigenvalue weighted by Crippen LogP contribution is -2.67. The summed E-state index contributed by atoms with van der Waals surface area (Å²) in [6, 6.07) is 9.79. The number of fused-ring (bicyclic) bond motifs is 1. The summed E-state index contributed by atoms with van der Waals surface area (Å²) in [6.45, 7) is 6.52. The minimum atomic E-state index is -3.26. The molecule has 0 spiro atoms. The van der Waals surface area contributed by atoms with E-state index in [1.165, 1.54) is 30.2 Å². The second-order valence-electron chi connectivity index (χ2n) is 10.3. The van der Waals surface area contributed by atoms with Gasteiger partial charge in [0.15, 0.2) is 0 Å². The number of rotatable bonds is 11. The molecule has 3 aromatic heterocycles. The van der Waals surface area contributed by atoms with Gasteiger partial charge in [-0.2, -0.15) is 9.40 Å². The normalized spacial score (nSPS) is 17.8. The fraction of sp³-hybridized carbons (Fsp3) is 0.444. The highest BCUT2D eigenvalue weighted by molar-refractivity contribution is 7.89. The van der Waals surface area contributed by atoms with Gasteiger partial charge < -0.3 is 15.8 Å². The van der Waals surface area contributed by atoms with Gasteiger partial charge in [-0.15, -0.1) is 11.3 Å². The van der Waals surface area contributed by atoms with Gasteiger partial charge in [0.1, 0.15) is 17.9 Å². The Labute approximate surface area is 238 Å². The first-order valence-electron chi connectivity index (χ1n) is 13.6. The molecule has 0 atom stereocenters. The molecule has 6 rings (SSSR count). The van der Waals surface area contributed by atoms with Crippen LogP contribution in [0.2, 0.25) is 0 Å². The number of hydrogen-bond donors (Lipinski definition) is 2. The van der Waals surface area contributed by atoms with E-state index in [0.29, 0.717) is 25.6 Å². The van der Waals surface area contributed by atoms with Crippen LogP contribution in [0.5, 0.6) is 5.75 Å². The quantitative estimate of drug-likeness (QED) is 0.274. The van der Waals surface area contributed by atoms with Gasteiger partial charge in [-0.1, -0.05) is 0 Å². The van der Waals surface area contributed by atoms with E-state index in [2.05, 4.69) is 15.3 Å². The van der Waals surface area contributed by atoms with Crippen molar-refractivity contribution in [1.29, 1.82) is 0 Å². The molecule has 13 heteroatoms. The number of aromatic nitrogens is 4. The van der Waals surface area contributed by atoms with Crippen molar-refractivity contribution in [1.82, 2.24) is 29.0 Å². The van der Waals surface area contributed by atoms with E-state index < -0.39 is 15.6 Å². The minimum absolute atomic E-state index is 0.0690. The van der Waals surface area contributed by atoms with E-state index >= 15 is 0 Å². The molecule has 1 aromatic carbocycles. The lowest BCUT2D eigenvalue weighted by Gasteiger charge is -2.48. The van der Waals surface area contributed by atoms with Gasteiger partial charge in [0.25, 0.3) is 0 Å². The van der Waals surface area contributed by atoms with Crippen LogP contribution in [0.3, 0.4) is 0 Å². The lowest BCUT2D eigenvalue weighted by molar-refractivity contribution is 0.0759. The highest BCUT2D eigenvalue weighted by Gasteiger charge is 2.48. The molecule has 0 amide bonds. The van der Waals surface area contributed by atoms with Crippen molar-refractivity contribution < 1.29 is 13.2 Å². The molecule has 2 aliphatic heterocycles. The number of thiophene rings is 1. The average Bonchev–Trinajstić information content (AvgIpc) is 3.72. The van der Waals surface area contributed by atoms with Crippen LogP contribution in [-0.4, -0.2) is 89.0 Å². The third-order valence-electron chi connectivity index (χ3n) is 7.71. The first-order valence-corrected chi connectivity index (χ1v) is 16.1. The van der Waals surface area contributed by atoms with Crippen LogP contribution in [0.15, 0.2) is 48.1 Å². The number of likely N-dealkylation sites (tertiary alicyclic amines) is 1. The van der Waals surface area contributed by atoms with Crippen molar-refractivity contribution in [2.24, 2.45) is 5.73 Å². The summed E-state index contributed by atoms with van der Waals surface area (Å²) >= 11 is 1.57. The van der Waals surface area contributed by atoms with E-state index in [0.717, 1.165) is 39.5 Å². The summed E-state index contributed by atoms with van der Waals surface area (Å²) < 4.78 is 34.7. The van der Waals surface area contributed by atoms with E-state index in [9.17, 15) is 8.42 Å². The molecule has 0 saturated carbocycles. The van der Waals surface area contributed by atoms with E-state index in [4.69, 9.17) is 20.4 Å². The smallest absolute Gasteiger partial charge is 0.228 e. The van der Waals surface area contributed by atoms with Crippen molar-refractivity contribution in [3.63, 3.8) is 0 Å². The number of sulfonamides is 1. The summed E-state index contributed by atoms with van der Waals surface area (Å²) in [5.74, 6) is 1.38. The Hall–Kier alpha value is -3.10. The summed E-state index contributed by atoms with van der Waals surface area (Å²) in [7, 11) is -3.26. The number of hydrogen-bond acceptors (Lipinski definition) is 10. The maximum atomic E-state index is 12.3. The molecular weight excluding hydrogens is 548 g/mol. The van der Waals surface area contributed by atoms with Crippen molar-refractivity contribution >= 4 is 43.2 Å². The second-order valence-corrected chi connectivity index (χ2v) is 13.5. The molecule has 0 aliphatic carbocycles. The van der Waals surface area contributed by atoms with Crippen LogP contribution in [0.1, 0.15) is 19.8 Å². The molecule has 0 bridgehead atoms. The van der Waals surface area contributed by atoms with Gasteiger partial charge in [0.2, 0.25) is 16.0 Å². The molecule has 212 valence electrons. The van der Waals surface area contributed by atoms with Crippen molar-refractivity contribution in [3.05, 3.63) is 48.1 Å². The van der Waals surface area contributed by atoms with Gasteiger partial charge in [0.05, 0.1) is 27.9 Å². The van der Waals surface area contributed by atoms with Gasteiger partial charge in [-0.05, 0) is 68.6 Å². The maximum Gasteiger partial charge on any atom is 0.228 e. The van der Waals surface area contributed by atoms with Gasteiger partial charge >= 0.3 is 0 Å². The largest absolute Gasteiger partial charge is 0.492 e. The predicted molar refractivity (Wildman–Crippen MR) is 158 cm³/mol. The summed E-state index contributed by atoms with van der Waals surface area (Å²) in [5.41, 5.74) is 8.83. The monoisotopic (exact) mass is 582 g/mol. The van der Waals surface area contributed by atoms with Crippen molar-refractivity contribution in [2.75, 3.05) is 56.9 Å². The molecule has 2 aliphatic rings. The fourth-order valence-electron chi connectivity index (χ4n) is 5.24. The van der Waals surface area contributed by atoms with Crippen molar-refractivity contribution in [3.8, 4) is 17.0 Å².